The van der Waals surface area contributed by atoms with Crippen LogP contribution in [-0.2, 0) is 21.0 Å². The van der Waals surface area contributed by atoms with Crippen LogP contribution in [0.1, 0.15) is 19.4 Å². The minimum Gasteiger partial charge on any atom is -0.348 e. The van der Waals surface area contributed by atoms with Crippen molar-refractivity contribution in [1.29, 1.82) is 5.26 Å². The van der Waals surface area contributed by atoms with Crippen molar-refractivity contribution in [1.82, 2.24) is 5.32 Å². The third kappa shape index (κ3) is 6.71. The van der Waals surface area contributed by atoms with Gasteiger partial charge in [0.15, 0.2) is 0 Å². The van der Waals surface area contributed by atoms with E-state index in [9.17, 15) is 26.4 Å². The Morgan fingerprint density at radius 3 is 2.29 bits per heavy atom. The van der Waals surface area contributed by atoms with E-state index in [2.05, 4.69) is 20.6 Å². The highest BCUT2D eigenvalue weighted by Crippen LogP contribution is 2.31. The van der Waals surface area contributed by atoms with E-state index in [1.807, 2.05) is 0 Å². The van der Waals surface area contributed by atoms with E-state index in [0.29, 0.717) is 6.07 Å². The number of benzene rings is 2. The van der Waals surface area contributed by atoms with Crippen molar-refractivity contribution >= 4 is 33.0 Å². The van der Waals surface area contributed by atoms with Gasteiger partial charge >= 0.3 is 6.18 Å². The van der Waals surface area contributed by atoms with Gasteiger partial charge < -0.3 is 5.32 Å². The molecule has 0 saturated carbocycles. The first-order valence-electron chi connectivity index (χ1n) is 8.77. The number of carbonyl (C=O) groups excluding carboxylic acids is 1. The van der Waals surface area contributed by atoms with Crippen LogP contribution in [0.5, 0.6) is 0 Å². The van der Waals surface area contributed by atoms with Crippen LogP contribution in [0, 0.1) is 11.3 Å². The van der Waals surface area contributed by atoms with Gasteiger partial charge in [0, 0.05) is 11.7 Å². The van der Waals surface area contributed by atoms with Crippen LogP contribution < -0.4 is 15.5 Å². The van der Waals surface area contributed by atoms with Gasteiger partial charge in [-0.15, -0.1) is 0 Å². The summed E-state index contributed by atoms with van der Waals surface area (Å²) in [6.07, 6.45) is -4.61. The van der Waals surface area contributed by atoms with Crippen molar-refractivity contribution in [2.24, 2.45) is 5.10 Å². The average Bonchev–Trinajstić information content (AvgIpc) is 2.67. The van der Waals surface area contributed by atoms with E-state index >= 15 is 0 Å². The number of anilines is 2. The normalized spacial score (nSPS) is 12.2. The summed E-state index contributed by atoms with van der Waals surface area (Å²) in [5, 5.41) is 15.2. The molecule has 0 heterocycles. The van der Waals surface area contributed by atoms with Crippen LogP contribution in [-0.4, -0.2) is 26.1 Å². The molecule has 8 nitrogen and oxygen atoms in total. The predicted molar refractivity (Wildman–Crippen MR) is 109 cm³/mol. The van der Waals surface area contributed by atoms with Gasteiger partial charge in [0.25, 0.3) is 15.9 Å². The molecule has 0 atom stereocenters. The number of amides is 1. The molecule has 2 aromatic carbocycles. The fourth-order valence-electron chi connectivity index (χ4n) is 2.26. The first-order valence-corrected chi connectivity index (χ1v) is 10.3. The summed E-state index contributed by atoms with van der Waals surface area (Å²) in [6, 6.07) is 10.3. The molecule has 0 aliphatic rings. The smallest absolute Gasteiger partial charge is 0.348 e. The largest absolute Gasteiger partial charge is 0.416 e. The van der Waals surface area contributed by atoms with Gasteiger partial charge in [-0.2, -0.15) is 23.5 Å². The number of carbonyl (C=O) groups is 1. The first kappa shape index (κ1) is 23.7. The number of rotatable bonds is 7. The van der Waals surface area contributed by atoms with Gasteiger partial charge in [-0.3, -0.25) is 14.9 Å². The topological polar surface area (TPSA) is 123 Å². The molecule has 12 heteroatoms. The number of hydrazone groups is 1. The molecule has 0 unspecified atom stereocenters. The maximum Gasteiger partial charge on any atom is 0.416 e. The second kappa shape index (κ2) is 9.48. The lowest BCUT2D eigenvalue weighted by molar-refractivity contribution is -0.137. The summed E-state index contributed by atoms with van der Waals surface area (Å²) < 4.78 is 65.4. The number of nitrogens with zero attached hydrogens (tertiary/aromatic N) is 2. The van der Waals surface area contributed by atoms with E-state index in [1.54, 1.807) is 19.9 Å². The Morgan fingerprint density at radius 2 is 1.74 bits per heavy atom. The maximum absolute atomic E-state index is 12.8. The van der Waals surface area contributed by atoms with E-state index < -0.39 is 33.4 Å². The number of sulfonamides is 1. The maximum atomic E-state index is 12.8. The predicted octanol–water partition coefficient (Wildman–Crippen LogP) is 3.32. The van der Waals surface area contributed by atoms with Gasteiger partial charge in [-0.1, -0.05) is 6.07 Å². The Hall–Kier alpha value is -3.59. The summed E-state index contributed by atoms with van der Waals surface area (Å²) in [4.78, 5) is 11.6. The van der Waals surface area contributed by atoms with Crippen LogP contribution >= 0.6 is 0 Å². The van der Waals surface area contributed by atoms with Gasteiger partial charge in [-0.25, -0.2) is 8.42 Å². The Labute approximate surface area is 176 Å². The zero-order chi connectivity index (χ0) is 23.2. The molecule has 3 N–H and O–H groups in total. The molecule has 0 aliphatic heterocycles. The lowest BCUT2D eigenvalue weighted by atomic mass is 10.2. The first-order chi connectivity index (χ1) is 14.4. The minimum absolute atomic E-state index is 0.195. The summed E-state index contributed by atoms with van der Waals surface area (Å²) in [7, 11) is -4.15. The third-order valence-electron chi connectivity index (χ3n) is 3.64. The van der Waals surface area contributed by atoms with E-state index in [-0.39, 0.29) is 22.3 Å². The molecule has 0 spiro atoms. The van der Waals surface area contributed by atoms with Gasteiger partial charge in [-0.05, 0) is 56.3 Å². The van der Waals surface area contributed by atoms with Crippen molar-refractivity contribution in [3.05, 3.63) is 54.1 Å². The number of hydrogen-bond acceptors (Lipinski definition) is 6. The van der Waals surface area contributed by atoms with Crippen molar-refractivity contribution in [2.75, 3.05) is 10.1 Å². The molecule has 2 rings (SSSR count). The SMILES string of the molecule is CC(C)NC(=O)/C(C#N)=N\Nc1ccc(S(=O)(=O)Nc2cccc(C(F)(F)F)c2)cc1. The number of halogens is 3. The Kier molecular flexibility index (Phi) is 7.24. The van der Waals surface area contributed by atoms with Crippen LogP contribution in [0.2, 0.25) is 0 Å². The quantitative estimate of drug-likeness (QED) is 0.438. The van der Waals surface area contributed by atoms with Gasteiger partial charge in [0.05, 0.1) is 16.1 Å². The van der Waals surface area contributed by atoms with Crippen molar-refractivity contribution in [3.8, 4) is 6.07 Å². The van der Waals surface area contributed by atoms with E-state index in [4.69, 9.17) is 5.26 Å². The van der Waals surface area contributed by atoms with E-state index in [1.165, 1.54) is 30.3 Å². The number of nitriles is 1. The number of hydrogen-bond donors (Lipinski definition) is 3. The molecule has 0 radical (unpaired) electrons. The van der Waals surface area contributed by atoms with Crippen LogP contribution in [0.4, 0.5) is 24.5 Å². The Balaban J connectivity index is 2.14. The lowest BCUT2D eigenvalue weighted by Crippen LogP contribution is -2.35. The molecular formula is C19H18F3N5O3S. The number of nitrogens with one attached hydrogen (secondary N) is 3. The molecule has 1 amide bonds. The lowest BCUT2D eigenvalue weighted by Gasteiger charge is -2.11. The zero-order valence-corrected chi connectivity index (χ0v) is 17.2. The molecule has 0 aliphatic carbocycles. The standard InChI is InChI=1S/C19H18F3N5O3S/c1-12(2)24-18(28)17(11-23)26-25-14-6-8-16(9-7-14)31(29,30)27-15-5-3-4-13(10-15)19(20,21)22/h3-10,12,25,27H,1-2H3,(H,24,28)/b26-17-. The molecule has 2 aromatic rings. The molecule has 0 bridgehead atoms. The Morgan fingerprint density at radius 1 is 1.10 bits per heavy atom. The molecule has 0 aromatic heterocycles. The number of alkyl halides is 3. The second-order valence-corrected chi connectivity index (χ2v) is 8.20. The van der Waals surface area contributed by atoms with Crippen molar-refractivity contribution in [2.45, 2.75) is 31.0 Å². The van der Waals surface area contributed by atoms with Crippen molar-refractivity contribution < 1.29 is 26.4 Å². The summed E-state index contributed by atoms with van der Waals surface area (Å²) in [6.45, 7) is 3.43. The fraction of sp³-hybridized carbons (Fsp3) is 0.211. The highest BCUT2D eigenvalue weighted by atomic mass is 32.2. The van der Waals surface area contributed by atoms with Crippen LogP contribution in [0.25, 0.3) is 0 Å². The average molecular weight is 453 g/mol. The highest BCUT2D eigenvalue weighted by molar-refractivity contribution is 7.92. The van der Waals surface area contributed by atoms with E-state index in [0.717, 1.165) is 12.1 Å². The minimum atomic E-state index is -4.61. The van der Waals surface area contributed by atoms with Gasteiger partial charge in [0.1, 0.15) is 6.07 Å². The van der Waals surface area contributed by atoms with Crippen LogP contribution in [0.3, 0.4) is 0 Å². The molecule has 0 fully saturated rings. The molecular weight excluding hydrogens is 435 g/mol. The van der Waals surface area contributed by atoms with Crippen molar-refractivity contribution in [3.63, 3.8) is 0 Å². The molecule has 164 valence electrons. The zero-order valence-electron chi connectivity index (χ0n) is 16.4. The third-order valence-corrected chi connectivity index (χ3v) is 5.04. The second-order valence-electron chi connectivity index (χ2n) is 6.52. The summed E-state index contributed by atoms with van der Waals surface area (Å²) >= 11 is 0. The molecule has 0 saturated heterocycles. The summed E-state index contributed by atoms with van der Waals surface area (Å²) in [5.41, 5.74) is 1.10. The summed E-state index contributed by atoms with van der Waals surface area (Å²) in [5.74, 6) is -0.672. The highest BCUT2D eigenvalue weighted by Gasteiger charge is 2.30. The van der Waals surface area contributed by atoms with Crippen LogP contribution in [0.15, 0.2) is 58.5 Å². The Bertz CT molecular complexity index is 1120. The molecule has 31 heavy (non-hydrogen) atoms. The van der Waals surface area contributed by atoms with Gasteiger partial charge in [0.2, 0.25) is 5.71 Å². The monoisotopic (exact) mass is 453 g/mol. The fourth-order valence-corrected chi connectivity index (χ4v) is 3.31.